The average Bonchev–Trinajstić information content (AvgIpc) is 0.962. The molecule has 7 amide bonds. The maximum absolute atomic E-state index is 13.7. The SMILES string of the molecule is CC(=O)C[C@H](NC(=O)[C@H](CC(C)C)N1CC[C@@H](C(F)(F)F)CC1=O)c1cncc(-c2c(C)cccc2C)c1.CC(=O)C[C@H](NC(=O)[C@H](CC(C)C)n1ccc(C(F)(F)F)cc1=O)c1cnc(C)c(-c2ccccc2C)c1.CCCC1CCC(=O)N([C@@H](CC(C)C)C(=O)N[C@@H](CC(=O)O)c2cncc(-c3c(C)cccc3C)c2)C1.Cc1cccc(C)c1-c1cncc([C@H](CC(=O)O)NC(=O)[C@H](CC(C)C)N2CCC(C)CC2=O)c1. The Labute approximate surface area is 865 Å². The molecule has 148 heavy (non-hydrogen) atoms. The number of carbonyl (C=O) groups excluding carboxylic acids is 9. The van der Waals surface area contributed by atoms with Crippen molar-refractivity contribution < 1.29 is 89.3 Å². The number of nitrogens with one attached hydrogen (secondary N) is 4. The van der Waals surface area contributed by atoms with Crippen molar-refractivity contribution in [2.45, 2.75) is 302 Å². The molecule has 0 radical (unpaired) electrons. The van der Waals surface area contributed by atoms with Crippen LogP contribution < -0.4 is 26.8 Å². The van der Waals surface area contributed by atoms with Gasteiger partial charge in [0.25, 0.3) is 5.56 Å². The van der Waals surface area contributed by atoms with E-state index in [2.05, 4.69) is 48.1 Å². The minimum atomic E-state index is -4.67. The van der Waals surface area contributed by atoms with Crippen LogP contribution in [0.4, 0.5) is 26.3 Å². The molecule has 8 heterocycles. The average molecular weight is 2050 g/mol. The molecule has 3 fully saturated rings. The highest BCUT2D eigenvalue weighted by molar-refractivity contribution is 5.92. The van der Waals surface area contributed by atoms with Crippen LogP contribution in [0.15, 0.2) is 170 Å². The number of hydrogen-bond acceptors (Lipinski definition) is 16. The molecule has 2 unspecified atom stereocenters. The number of pyridine rings is 5. The number of carboxylic acid groups (broad SMARTS) is 2. The van der Waals surface area contributed by atoms with Gasteiger partial charge in [0.15, 0.2) is 0 Å². The van der Waals surface area contributed by atoms with Gasteiger partial charge in [0.05, 0.1) is 48.5 Å². The number of rotatable bonds is 38. The summed E-state index contributed by atoms with van der Waals surface area (Å²) in [7, 11) is 0. The topological polar surface area (TPSA) is 360 Å². The number of benzene rings is 4. The normalized spacial score (nSPS) is 16.6. The zero-order chi connectivity index (χ0) is 109. The quantitative estimate of drug-likeness (QED) is 0.0196. The Morgan fingerprint density at radius 1 is 0.426 bits per heavy atom. The molecular formula is C116H146F6N12O14. The predicted molar refractivity (Wildman–Crippen MR) is 559 cm³/mol. The van der Waals surface area contributed by atoms with Crippen LogP contribution in [0.5, 0.6) is 0 Å². The molecule has 0 bridgehead atoms. The lowest BCUT2D eigenvalue weighted by Crippen LogP contribution is -2.54. The number of carbonyl (C=O) groups is 11. The molecule has 9 aromatic rings. The van der Waals surface area contributed by atoms with E-state index in [4.69, 9.17) is 0 Å². The summed E-state index contributed by atoms with van der Waals surface area (Å²) in [5.74, 6) is -5.34. The summed E-state index contributed by atoms with van der Waals surface area (Å²) < 4.78 is 79.9. The van der Waals surface area contributed by atoms with E-state index in [0.717, 1.165) is 132 Å². The molecule has 796 valence electrons. The minimum Gasteiger partial charge on any atom is -0.481 e. The first-order valence-electron chi connectivity index (χ1n) is 51.2. The fourth-order valence-corrected chi connectivity index (χ4v) is 19.9. The van der Waals surface area contributed by atoms with Crippen molar-refractivity contribution in [1.82, 2.24) is 60.5 Å². The lowest BCUT2D eigenvalue weighted by molar-refractivity contribution is -0.191. The van der Waals surface area contributed by atoms with E-state index in [0.29, 0.717) is 85.3 Å². The first kappa shape index (κ1) is 118. The number of aliphatic carboxylic acids is 2. The number of aromatic nitrogens is 5. The van der Waals surface area contributed by atoms with Gasteiger partial charge in [-0.05, 0) is 270 Å². The van der Waals surface area contributed by atoms with Crippen LogP contribution in [0, 0.1) is 96.8 Å². The summed E-state index contributed by atoms with van der Waals surface area (Å²) >= 11 is 0. The second-order valence-corrected chi connectivity index (χ2v) is 41.8. The second kappa shape index (κ2) is 54.0. The molecular weight excluding hydrogens is 1900 g/mol. The van der Waals surface area contributed by atoms with Gasteiger partial charge < -0.3 is 50.7 Å². The molecule has 0 saturated carbocycles. The number of nitrogens with zero attached hydrogens (tertiary/aromatic N) is 8. The number of piperidine rings is 3. The smallest absolute Gasteiger partial charge is 0.416 e. The van der Waals surface area contributed by atoms with Gasteiger partial charge in [0.2, 0.25) is 41.4 Å². The number of halogens is 6. The molecule has 3 saturated heterocycles. The van der Waals surface area contributed by atoms with Gasteiger partial charge in [-0.25, -0.2) is 0 Å². The fraction of sp³-hybridized carbons (Fsp3) is 0.483. The highest BCUT2D eigenvalue weighted by atomic mass is 19.4. The number of carboxylic acids is 2. The van der Waals surface area contributed by atoms with Gasteiger partial charge in [0, 0.05) is 135 Å². The van der Waals surface area contributed by atoms with Crippen molar-refractivity contribution in [2.24, 2.45) is 41.4 Å². The molecule has 12 rings (SSSR count). The summed E-state index contributed by atoms with van der Waals surface area (Å²) in [5.41, 5.74) is 16.4. The van der Waals surface area contributed by atoms with E-state index >= 15 is 0 Å². The van der Waals surface area contributed by atoms with Gasteiger partial charge in [-0.15, -0.1) is 0 Å². The van der Waals surface area contributed by atoms with Crippen molar-refractivity contribution in [2.75, 3.05) is 19.6 Å². The molecule has 5 aromatic heterocycles. The van der Waals surface area contributed by atoms with Gasteiger partial charge in [0.1, 0.15) is 35.7 Å². The van der Waals surface area contributed by atoms with Crippen LogP contribution in [0.25, 0.3) is 44.5 Å². The second-order valence-electron chi connectivity index (χ2n) is 41.8. The van der Waals surface area contributed by atoms with Crippen molar-refractivity contribution in [3.8, 4) is 44.5 Å². The zero-order valence-electron chi connectivity index (χ0n) is 88.8. The summed E-state index contributed by atoms with van der Waals surface area (Å²) in [6.07, 6.45) is 8.33. The highest BCUT2D eigenvalue weighted by Gasteiger charge is 2.47. The van der Waals surface area contributed by atoms with Crippen molar-refractivity contribution in [1.29, 1.82) is 0 Å². The molecule has 3 aliphatic heterocycles. The molecule has 0 spiro atoms. The number of aryl methyl sites for hydroxylation is 8. The van der Waals surface area contributed by atoms with Gasteiger partial charge >= 0.3 is 24.3 Å². The van der Waals surface area contributed by atoms with E-state index in [1.54, 1.807) is 53.2 Å². The number of amides is 7. The Hall–Kier alpha value is -13.4. The summed E-state index contributed by atoms with van der Waals surface area (Å²) in [5, 5.41) is 31.0. The van der Waals surface area contributed by atoms with E-state index in [9.17, 15) is 94.1 Å². The van der Waals surface area contributed by atoms with Gasteiger partial charge in [-0.2, -0.15) is 26.3 Å². The third kappa shape index (κ3) is 33.5. The molecule has 26 nitrogen and oxygen atoms in total. The zero-order valence-corrected chi connectivity index (χ0v) is 88.8. The lowest BCUT2D eigenvalue weighted by atomic mass is 9.90. The Bertz CT molecular complexity index is 6170. The Morgan fingerprint density at radius 3 is 1.16 bits per heavy atom. The number of likely N-dealkylation sites (tertiary alicyclic amines) is 3. The molecule has 0 aliphatic carbocycles. The molecule has 4 aromatic carbocycles. The monoisotopic (exact) mass is 2050 g/mol. The summed E-state index contributed by atoms with van der Waals surface area (Å²) in [6, 6.07) is 28.6. The largest absolute Gasteiger partial charge is 0.481 e. The van der Waals surface area contributed by atoms with Crippen LogP contribution in [-0.2, 0) is 58.9 Å². The lowest BCUT2D eigenvalue weighted by Gasteiger charge is -2.38. The number of hydrogen-bond donors (Lipinski definition) is 6. The maximum Gasteiger partial charge on any atom is 0.416 e. The molecule has 6 N–H and O–H groups in total. The molecule has 32 heteroatoms. The third-order valence-electron chi connectivity index (χ3n) is 27.3. The third-order valence-corrected chi connectivity index (χ3v) is 27.3. The number of ketones is 2. The van der Waals surface area contributed by atoms with Crippen LogP contribution in [0.2, 0.25) is 0 Å². The molecule has 3 aliphatic rings. The first-order chi connectivity index (χ1) is 69.7. The van der Waals surface area contributed by atoms with E-state index < -0.39 is 114 Å². The molecule has 11 atom stereocenters. The Kier molecular flexibility index (Phi) is 43.1. The van der Waals surface area contributed by atoms with Crippen LogP contribution in [0.1, 0.15) is 288 Å². The summed E-state index contributed by atoms with van der Waals surface area (Å²) in [6.45, 7) is 39.5. The van der Waals surface area contributed by atoms with Crippen LogP contribution in [-0.4, -0.2) is 158 Å². The van der Waals surface area contributed by atoms with Crippen molar-refractivity contribution in [3.05, 3.63) is 248 Å². The van der Waals surface area contributed by atoms with Crippen molar-refractivity contribution >= 4 is 64.9 Å². The van der Waals surface area contributed by atoms with E-state index in [1.807, 2.05) is 221 Å². The minimum absolute atomic E-state index is 0.00151. The van der Waals surface area contributed by atoms with E-state index in [-0.39, 0.29) is 104 Å². The Morgan fingerprint density at radius 2 is 0.797 bits per heavy atom. The van der Waals surface area contributed by atoms with Crippen LogP contribution in [0.3, 0.4) is 0 Å². The predicted octanol–water partition coefficient (Wildman–Crippen LogP) is 21.8. The first-order valence-corrected chi connectivity index (χ1v) is 51.2. The van der Waals surface area contributed by atoms with Gasteiger partial charge in [-0.1, -0.05) is 155 Å². The van der Waals surface area contributed by atoms with Crippen LogP contribution >= 0.6 is 0 Å². The summed E-state index contributed by atoms with van der Waals surface area (Å²) in [4.78, 5) is 176. The number of Topliss-reactive ketones (excluding diaryl/α,β-unsaturated/α-hetero) is 2. The van der Waals surface area contributed by atoms with Crippen molar-refractivity contribution in [3.63, 3.8) is 0 Å². The van der Waals surface area contributed by atoms with Gasteiger partial charge in [-0.3, -0.25) is 77.5 Å². The standard InChI is InChI=1S/C30H41N3O4.C29H36F3N3O3.C29H32F3N3O3.C28H37N3O4/c1-6-8-22-11-12-27(34)33(18-22)26(13-19(2)3)30(37)32-25(15-28(35)36)23-14-24(17-31-16-23)29-20(4)9-7-10-21(29)5;1-17(2)11-25(35-10-9-23(14-26(35)37)29(30,31)32)28(38)34-24(12-20(5)36)21-13-22(16-33-15-21)27-18(3)7-6-8-19(27)4;1-17(2)12-26(35-11-10-22(15-27(35)37)29(30,31)32)28(38)34-25(13-19(4)36)21-14-24(20(5)33-16-21)23-9-7-6-8-18(23)3;1-17(2)11-24(31-10-9-18(3)12-25(31)32)28(35)30-23(14-26(33)34)21-13-22(16-29-15-21)27-19(4)7-6-8-20(27)5/h7,9-10,14,16-17,19,22,25-26H,6,8,11-13,15,18H2,1-5H3,(H,32,37)(H,35,36);6-8,13,15-17,23-25H,9-12,14H2,1-5H3,(H,34,38);6-11,14-17,25-26H,12-13H2,1-5H3,(H,34,38);6-8,13,15-18,23-24H,9-12,14H2,1-5H3,(H,30,35)(H,33,34)/t22?,25-,26-;23-,24+,25+;25-,26-;18?,23-,24-/m0100/s1. The maximum atomic E-state index is 13.7. The number of alkyl halides is 6. The van der Waals surface area contributed by atoms with E-state index in [1.165, 1.54) is 18.7 Å². The fourth-order valence-electron chi connectivity index (χ4n) is 19.9. The highest BCUT2D eigenvalue weighted by Crippen LogP contribution is 2.40. The Balaban J connectivity index is 0.000000219.